The monoisotopic (exact) mass is 412 g/mol. The number of alkyl halides is 2. The summed E-state index contributed by atoms with van der Waals surface area (Å²) in [6.45, 7) is -2.96. The highest BCUT2D eigenvalue weighted by Crippen LogP contribution is 2.29. The average Bonchev–Trinajstić information content (AvgIpc) is 2.67. The quantitative estimate of drug-likeness (QED) is 0.722. The van der Waals surface area contributed by atoms with Crippen molar-refractivity contribution in [3.05, 3.63) is 58.6 Å². The number of likely N-dealkylation sites (N-methyl/N-ethyl adjacent to an activating group) is 1. The number of nitrogens with zero attached hydrogens (tertiary/aromatic N) is 1. The fourth-order valence-corrected chi connectivity index (χ4v) is 2.56. The molecule has 0 aliphatic rings. The summed E-state index contributed by atoms with van der Waals surface area (Å²) in [7, 11) is 2.86. The summed E-state index contributed by atoms with van der Waals surface area (Å²) < 4.78 is 34.0. The molecule has 0 unspecified atom stereocenters. The van der Waals surface area contributed by atoms with Crippen LogP contribution in [0.15, 0.2) is 42.5 Å². The molecule has 1 N–H and O–H groups in total. The first kappa shape index (κ1) is 21.4. The van der Waals surface area contributed by atoms with Crippen molar-refractivity contribution in [1.82, 2.24) is 10.2 Å². The van der Waals surface area contributed by atoms with Crippen LogP contribution >= 0.6 is 11.6 Å². The Bertz CT molecular complexity index is 848. The van der Waals surface area contributed by atoms with E-state index in [1.807, 2.05) is 6.07 Å². The standard InChI is InChI=1S/C19H19ClF2N2O4/c1-24(11-13-5-3-4-6-14(13)20)17(25)10-23-18(26)12-7-8-15(28-19(21)22)16(9-12)27-2/h3-9,19H,10-11H2,1-2H3,(H,23,26). The van der Waals surface area contributed by atoms with Crippen LogP contribution in [0.1, 0.15) is 15.9 Å². The third kappa shape index (κ3) is 5.82. The van der Waals surface area contributed by atoms with Crippen LogP contribution in [0.25, 0.3) is 0 Å². The Labute approximate surface area is 166 Å². The molecule has 0 bridgehead atoms. The van der Waals surface area contributed by atoms with Crippen LogP contribution in [0, 0.1) is 0 Å². The largest absolute Gasteiger partial charge is 0.493 e. The van der Waals surface area contributed by atoms with E-state index >= 15 is 0 Å². The van der Waals surface area contributed by atoms with Gasteiger partial charge in [-0.25, -0.2) is 0 Å². The van der Waals surface area contributed by atoms with Gasteiger partial charge in [0.2, 0.25) is 5.91 Å². The van der Waals surface area contributed by atoms with Gasteiger partial charge >= 0.3 is 6.61 Å². The summed E-state index contributed by atoms with van der Waals surface area (Å²) in [4.78, 5) is 25.9. The molecule has 0 fully saturated rings. The maximum absolute atomic E-state index is 12.4. The van der Waals surface area contributed by atoms with Gasteiger partial charge in [0.05, 0.1) is 13.7 Å². The van der Waals surface area contributed by atoms with E-state index in [4.69, 9.17) is 16.3 Å². The zero-order valence-corrected chi connectivity index (χ0v) is 16.0. The summed E-state index contributed by atoms with van der Waals surface area (Å²) in [5.74, 6) is -1.08. The molecule has 150 valence electrons. The molecule has 0 saturated carbocycles. The Morgan fingerprint density at radius 2 is 1.89 bits per heavy atom. The molecule has 0 spiro atoms. The molecular formula is C19H19ClF2N2O4. The van der Waals surface area contributed by atoms with E-state index in [0.29, 0.717) is 11.6 Å². The number of methoxy groups -OCH3 is 1. The predicted molar refractivity (Wildman–Crippen MR) is 99.9 cm³/mol. The molecule has 28 heavy (non-hydrogen) atoms. The van der Waals surface area contributed by atoms with Crippen molar-refractivity contribution in [2.45, 2.75) is 13.2 Å². The van der Waals surface area contributed by atoms with Gasteiger partial charge in [0, 0.05) is 24.2 Å². The Balaban J connectivity index is 1.95. The average molecular weight is 413 g/mol. The first-order valence-corrected chi connectivity index (χ1v) is 8.58. The molecule has 2 amide bonds. The van der Waals surface area contributed by atoms with E-state index in [-0.39, 0.29) is 29.5 Å². The third-order valence-electron chi connectivity index (χ3n) is 3.83. The van der Waals surface area contributed by atoms with Crippen molar-refractivity contribution in [3.63, 3.8) is 0 Å². The molecule has 2 aromatic rings. The number of halogens is 3. The molecule has 2 aromatic carbocycles. The van der Waals surface area contributed by atoms with Gasteiger partial charge < -0.3 is 19.7 Å². The van der Waals surface area contributed by atoms with Crippen LogP contribution in [0.5, 0.6) is 11.5 Å². The summed E-state index contributed by atoms with van der Waals surface area (Å²) in [5.41, 5.74) is 0.922. The maximum Gasteiger partial charge on any atom is 0.387 e. The number of carbonyl (C=O) groups is 2. The number of benzene rings is 2. The summed E-state index contributed by atoms with van der Waals surface area (Å²) in [6.07, 6.45) is 0. The Hall–Kier alpha value is -2.87. The fraction of sp³-hybridized carbons (Fsp3) is 0.263. The zero-order chi connectivity index (χ0) is 20.7. The summed E-state index contributed by atoms with van der Waals surface area (Å²) in [6, 6.07) is 10.9. The normalized spacial score (nSPS) is 10.5. The smallest absolute Gasteiger partial charge is 0.387 e. The predicted octanol–water partition coefficient (Wildman–Crippen LogP) is 3.34. The van der Waals surface area contributed by atoms with Crippen molar-refractivity contribution in [2.75, 3.05) is 20.7 Å². The molecule has 0 radical (unpaired) electrons. The van der Waals surface area contributed by atoms with Gasteiger partial charge in [0.25, 0.3) is 5.91 Å². The number of ether oxygens (including phenoxy) is 2. The van der Waals surface area contributed by atoms with Crippen LogP contribution in [0.3, 0.4) is 0 Å². The van der Waals surface area contributed by atoms with Crippen molar-refractivity contribution >= 4 is 23.4 Å². The molecule has 0 atom stereocenters. The molecule has 2 rings (SSSR count). The molecule has 9 heteroatoms. The van der Waals surface area contributed by atoms with Crippen LogP contribution in [0.2, 0.25) is 5.02 Å². The minimum Gasteiger partial charge on any atom is -0.493 e. The molecule has 6 nitrogen and oxygen atoms in total. The molecule has 0 aliphatic heterocycles. The number of rotatable bonds is 8. The fourth-order valence-electron chi connectivity index (χ4n) is 2.37. The molecule has 0 aliphatic carbocycles. The third-order valence-corrected chi connectivity index (χ3v) is 4.20. The van der Waals surface area contributed by atoms with Gasteiger partial charge in [-0.1, -0.05) is 29.8 Å². The van der Waals surface area contributed by atoms with Gasteiger partial charge in [-0.05, 0) is 29.8 Å². The van der Waals surface area contributed by atoms with Crippen LogP contribution in [-0.4, -0.2) is 44.0 Å². The zero-order valence-electron chi connectivity index (χ0n) is 15.2. The van der Waals surface area contributed by atoms with Crippen LogP contribution in [0.4, 0.5) is 8.78 Å². The summed E-state index contributed by atoms with van der Waals surface area (Å²) >= 11 is 6.08. The Morgan fingerprint density at radius 1 is 1.18 bits per heavy atom. The maximum atomic E-state index is 12.4. The lowest BCUT2D eigenvalue weighted by Crippen LogP contribution is -2.37. The highest BCUT2D eigenvalue weighted by molar-refractivity contribution is 6.31. The van der Waals surface area contributed by atoms with Gasteiger partial charge in [-0.2, -0.15) is 8.78 Å². The SMILES string of the molecule is COc1cc(C(=O)NCC(=O)N(C)Cc2ccccc2Cl)ccc1OC(F)F. The minimum absolute atomic E-state index is 0.0184. The van der Waals surface area contributed by atoms with E-state index in [1.165, 1.54) is 30.2 Å². The summed E-state index contributed by atoms with van der Waals surface area (Å²) in [5, 5.41) is 3.03. The lowest BCUT2D eigenvalue weighted by atomic mass is 10.2. The van der Waals surface area contributed by atoms with Gasteiger partial charge in [0.1, 0.15) is 0 Å². The highest BCUT2D eigenvalue weighted by atomic mass is 35.5. The number of nitrogens with one attached hydrogen (secondary N) is 1. The van der Waals surface area contributed by atoms with Crippen molar-refractivity contribution in [3.8, 4) is 11.5 Å². The van der Waals surface area contributed by atoms with Crippen LogP contribution < -0.4 is 14.8 Å². The number of hydrogen-bond acceptors (Lipinski definition) is 4. The van der Waals surface area contributed by atoms with E-state index in [2.05, 4.69) is 10.1 Å². The molecule has 0 aromatic heterocycles. The van der Waals surface area contributed by atoms with Crippen molar-refractivity contribution < 1.29 is 27.8 Å². The molecule has 0 heterocycles. The molecular weight excluding hydrogens is 394 g/mol. The minimum atomic E-state index is -3.01. The lowest BCUT2D eigenvalue weighted by Gasteiger charge is -2.18. The first-order chi connectivity index (χ1) is 13.3. The first-order valence-electron chi connectivity index (χ1n) is 8.20. The van der Waals surface area contributed by atoms with E-state index in [9.17, 15) is 18.4 Å². The van der Waals surface area contributed by atoms with E-state index < -0.39 is 12.5 Å². The second kappa shape index (κ2) is 9.89. The number of hydrogen-bond donors (Lipinski definition) is 1. The second-order valence-corrected chi connectivity index (χ2v) is 6.18. The highest BCUT2D eigenvalue weighted by Gasteiger charge is 2.16. The van der Waals surface area contributed by atoms with Crippen molar-refractivity contribution in [2.24, 2.45) is 0 Å². The Kier molecular flexibility index (Phi) is 7.57. The topological polar surface area (TPSA) is 67.9 Å². The van der Waals surface area contributed by atoms with Gasteiger partial charge in [0.15, 0.2) is 11.5 Å². The van der Waals surface area contributed by atoms with Crippen LogP contribution in [-0.2, 0) is 11.3 Å². The second-order valence-electron chi connectivity index (χ2n) is 5.77. The Morgan fingerprint density at radius 3 is 2.54 bits per heavy atom. The van der Waals surface area contributed by atoms with Crippen molar-refractivity contribution in [1.29, 1.82) is 0 Å². The number of amides is 2. The van der Waals surface area contributed by atoms with E-state index in [0.717, 1.165) is 5.56 Å². The molecule has 0 saturated heterocycles. The van der Waals surface area contributed by atoms with Gasteiger partial charge in [-0.3, -0.25) is 9.59 Å². The lowest BCUT2D eigenvalue weighted by molar-refractivity contribution is -0.129. The van der Waals surface area contributed by atoms with E-state index in [1.54, 1.807) is 25.2 Å². The van der Waals surface area contributed by atoms with Gasteiger partial charge in [-0.15, -0.1) is 0 Å². The number of carbonyl (C=O) groups excluding carboxylic acids is 2.